The van der Waals surface area contributed by atoms with E-state index < -0.39 is 5.91 Å². The van der Waals surface area contributed by atoms with Crippen molar-refractivity contribution in [2.75, 3.05) is 10.6 Å². The molecule has 7 heteroatoms. The molecule has 0 bridgehead atoms. The topological polar surface area (TPSA) is 78.4 Å². The fourth-order valence-electron chi connectivity index (χ4n) is 2.33. The lowest BCUT2D eigenvalue weighted by atomic mass is 10.1. The number of aromatic hydroxyl groups is 1. The summed E-state index contributed by atoms with van der Waals surface area (Å²) in [6.45, 7) is 0. The number of phenolic OH excluding ortho intramolecular Hbond substituents is 1. The van der Waals surface area contributed by atoms with E-state index in [4.69, 9.17) is 0 Å². The highest BCUT2D eigenvalue weighted by molar-refractivity contribution is 14.1. The Morgan fingerprint density at radius 2 is 1.19 bits per heavy atom. The molecule has 0 unspecified atom stereocenters. The van der Waals surface area contributed by atoms with Crippen LogP contribution in [0.5, 0.6) is 5.75 Å². The molecule has 0 aromatic heterocycles. The van der Waals surface area contributed by atoms with Crippen molar-refractivity contribution in [3.05, 3.63) is 85.0 Å². The Hall–Kier alpha value is -2.14. The first kappa shape index (κ1) is 19.6. The van der Waals surface area contributed by atoms with Gasteiger partial charge in [0.2, 0.25) is 0 Å². The first-order valence-corrected chi connectivity index (χ1v) is 10.0. The lowest BCUT2D eigenvalue weighted by molar-refractivity contribution is 0.102. The molecule has 0 aliphatic rings. The van der Waals surface area contributed by atoms with Crippen molar-refractivity contribution in [3.8, 4) is 5.75 Å². The van der Waals surface area contributed by atoms with Crippen molar-refractivity contribution < 1.29 is 14.7 Å². The van der Waals surface area contributed by atoms with Gasteiger partial charge in [0.25, 0.3) is 11.8 Å². The van der Waals surface area contributed by atoms with E-state index in [0.717, 1.165) is 7.14 Å². The van der Waals surface area contributed by atoms with Crippen molar-refractivity contribution in [2.24, 2.45) is 0 Å². The van der Waals surface area contributed by atoms with Crippen LogP contribution in [-0.4, -0.2) is 16.9 Å². The number of anilines is 2. The number of nitrogens with one attached hydrogen (secondary N) is 2. The van der Waals surface area contributed by atoms with E-state index >= 15 is 0 Å². The normalized spacial score (nSPS) is 10.3. The molecule has 0 fully saturated rings. The third kappa shape index (κ3) is 5.19. The lowest BCUT2D eigenvalue weighted by Crippen LogP contribution is -2.15. The number of amides is 2. The van der Waals surface area contributed by atoms with Crippen molar-refractivity contribution in [3.63, 3.8) is 0 Å². The van der Waals surface area contributed by atoms with Gasteiger partial charge < -0.3 is 15.7 Å². The molecule has 0 saturated heterocycles. The second-order valence-electron chi connectivity index (χ2n) is 5.65. The molecule has 27 heavy (non-hydrogen) atoms. The summed E-state index contributed by atoms with van der Waals surface area (Å²) < 4.78 is 2.10. The first-order valence-electron chi connectivity index (χ1n) is 7.89. The van der Waals surface area contributed by atoms with Gasteiger partial charge >= 0.3 is 0 Å². The summed E-state index contributed by atoms with van der Waals surface area (Å²) in [5.74, 6) is -1.04. The zero-order chi connectivity index (χ0) is 19.4. The Kier molecular flexibility index (Phi) is 6.32. The summed E-state index contributed by atoms with van der Waals surface area (Å²) in [6, 6.07) is 18.8. The minimum atomic E-state index is -0.488. The predicted octanol–water partition coefficient (Wildman–Crippen LogP) is 5.11. The second-order valence-corrected chi connectivity index (χ2v) is 8.15. The van der Waals surface area contributed by atoms with Crippen molar-refractivity contribution in [1.29, 1.82) is 0 Å². The zero-order valence-electron chi connectivity index (χ0n) is 13.9. The monoisotopic (exact) mass is 584 g/mol. The van der Waals surface area contributed by atoms with Gasteiger partial charge in [0.1, 0.15) is 5.75 Å². The molecular weight excluding hydrogens is 570 g/mol. The summed E-state index contributed by atoms with van der Waals surface area (Å²) in [5, 5.41) is 15.5. The number of phenols is 1. The molecule has 3 aromatic rings. The number of halogens is 2. The molecule has 0 spiro atoms. The SMILES string of the molecule is O=C(Nc1ccc(I)cc1)c1ccc(O)c(C(=O)Nc2ccc(I)cc2)c1. The molecule has 3 rings (SSSR count). The zero-order valence-corrected chi connectivity index (χ0v) is 18.2. The average Bonchev–Trinajstić information content (AvgIpc) is 2.65. The molecule has 3 N–H and O–H groups in total. The highest BCUT2D eigenvalue weighted by Crippen LogP contribution is 2.22. The van der Waals surface area contributed by atoms with Gasteiger partial charge in [-0.2, -0.15) is 0 Å². The maximum atomic E-state index is 12.5. The summed E-state index contributed by atoms with van der Waals surface area (Å²) in [5.41, 5.74) is 1.56. The van der Waals surface area contributed by atoms with Crippen LogP contribution in [0, 0.1) is 7.14 Å². The molecule has 0 radical (unpaired) electrons. The molecule has 5 nitrogen and oxygen atoms in total. The first-order chi connectivity index (χ1) is 12.9. The van der Waals surface area contributed by atoms with Gasteiger partial charge in [-0.3, -0.25) is 9.59 Å². The largest absolute Gasteiger partial charge is 0.507 e. The van der Waals surface area contributed by atoms with Gasteiger partial charge in [-0.05, 0) is 112 Å². The van der Waals surface area contributed by atoms with Crippen LogP contribution in [0.25, 0.3) is 0 Å². The van der Waals surface area contributed by atoms with Crippen LogP contribution in [0.2, 0.25) is 0 Å². The standard InChI is InChI=1S/C20H14I2N2O3/c21-13-2-6-15(7-3-13)23-19(26)12-1-10-18(25)17(11-12)20(27)24-16-8-4-14(22)5-9-16/h1-11,25H,(H,23,26)(H,24,27). The van der Waals surface area contributed by atoms with Crippen molar-refractivity contribution in [2.45, 2.75) is 0 Å². The van der Waals surface area contributed by atoms with Gasteiger partial charge in [-0.25, -0.2) is 0 Å². The predicted molar refractivity (Wildman–Crippen MR) is 122 cm³/mol. The van der Waals surface area contributed by atoms with Crippen LogP contribution in [0.3, 0.4) is 0 Å². The molecule has 0 aliphatic carbocycles. The van der Waals surface area contributed by atoms with Crippen LogP contribution in [-0.2, 0) is 0 Å². The van der Waals surface area contributed by atoms with Crippen LogP contribution < -0.4 is 10.6 Å². The van der Waals surface area contributed by atoms with Gasteiger partial charge in [0, 0.05) is 24.1 Å². The smallest absolute Gasteiger partial charge is 0.259 e. The van der Waals surface area contributed by atoms with Crippen molar-refractivity contribution in [1.82, 2.24) is 0 Å². The van der Waals surface area contributed by atoms with Gasteiger partial charge in [0.05, 0.1) is 5.56 Å². The molecule has 0 aliphatic heterocycles. The Labute approximate surface area is 183 Å². The fraction of sp³-hybridized carbons (Fsp3) is 0. The van der Waals surface area contributed by atoms with Gasteiger partial charge in [-0.1, -0.05) is 0 Å². The third-order valence-corrected chi connectivity index (χ3v) is 5.15. The Morgan fingerprint density at radius 3 is 1.70 bits per heavy atom. The van der Waals surface area contributed by atoms with Crippen molar-refractivity contribution >= 4 is 68.4 Å². The summed E-state index contributed by atoms with van der Waals surface area (Å²) in [6.07, 6.45) is 0. The average molecular weight is 584 g/mol. The number of carbonyl (C=O) groups excluding carboxylic acids is 2. The molecule has 0 atom stereocenters. The maximum Gasteiger partial charge on any atom is 0.259 e. The summed E-state index contributed by atoms with van der Waals surface area (Å²) >= 11 is 4.35. The number of rotatable bonds is 4. The van der Waals surface area contributed by atoms with E-state index in [-0.39, 0.29) is 22.8 Å². The molecule has 3 aromatic carbocycles. The van der Waals surface area contributed by atoms with Crippen LogP contribution >= 0.6 is 45.2 Å². The highest BCUT2D eigenvalue weighted by Gasteiger charge is 2.15. The molecule has 136 valence electrons. The van der Waals surface area contributed by atoms with Crippen LogP contribution in [0.4, 0.5) is 11.4 Å². The Balaban J connectivity index is 1.78. The number of benzene rings is 3. The quantitative estimate of drug-likeness (QED) is 0.374. The molecule has 2 amide bonds. The highest BCUT2D eigenvalue weighted by atomic mass is 127. The van der Waals surface area contributed by atoms with E-state index in [9.17, 15) is 14.7 Å². The maximum absolute atomic E-state index is 12.5. The van der Waals surface area contributed by atoms with E-state index in [2.05, 4.69) is 55.8 Å². The fourth-order valence-corrected chi connectivity index (χ4v) is 3.05. The lowest BCUT2D eigenvalue weighted by Gasteiger charge is -2.10. The number of hydrogen-bond donors (Lipinski definition) is 3. The Morgan fingerprint density at radius 1 is 0.704 bits per heavy atom. The van der Waals surface area contributed by atoms with E-state index in [1.165, 1.54) is 18.2 Å². The molecule has 0 heterocycles. The minimum Gasteiger partial charge on any atom is -0.507 e. The Bertz CT molecular complexity index is 987. The summed E-state index contributed by atoms with van der Waals surface area (Å²) in [7, 11) is 0. The number of hydrogen-bond acceptors (Lipinski definition) is 3. The van der Waals surface area contributed by atoms with Crippen LogP contribution in [0.15, 0.2) is 66.7 Å². The van der Waals surface area contributed by atoms with Gasteiger partial charge in [-0.15, -0.1) is 0 Å². The number of carbonyl (C=O) groups is 2. The van der Waals surface area contributed by atoms with E-state index in [1.54, 1.807) is 24.3 Å². The summed E-state index contributed by atoms with van der Waals surface area (Å²) in [4.78, 5) is 24.9. The molecular formula is C20H14I2N2O3. The van der Waals surface area contributed by atoms with E-state index in [1.807, 2.05) is 24.3 Å². The van der Waals surface area contributed by atoms with E-state index in [0.29, 0.717) is 11.4 Å². The second kappa shape index (κ2) is 8.70. The van der Waals surface area contributed by atoms with Gasteiger partial charge in [0.15, 0.2) is 0 Å². The molecule has 0 saturated carbocycles. The van der Waals surface area contributed by atoms with Crippen LogP contribution in [0.1, 0.15) is 20.7 Å². The third-order valence-electron chi connectivity index (χ3n) is 3.71. The minimum absolute atomic E-state index is 0.0313.